The zero-order chi connectivity index (χ0) is 5.15. The maximum atomic E-state index is 9.51. The van der Waals surface area contributed by atoms with Crippen molar-refractivity contribution in [3.63, 3.8) is 0 Å². The van der Waals surface area contributed by atoms with Crippen molar-refractivity contribution < 1.29 is 15.0 Å². The summed E-state index contributed by atoms with van der Waals surface area (Å²) in [6.45, 7) is 0. The highest BCUT2D eigenvalue weighted by Crippen LogP contribution is 1.80. The number of carbonyl (C=O) groups is 1. The van der Waals surface area contributed by atoms with E-state index in [9.17, 15) is 4.79 Å². The van der Waals surface area contributed by atoms with Crippen LogP contribution < -0.4 is 0 Å². The van der Waals surface area contributed by atoms with Crippen molar-refractivity contribution in [1.82, 2.24) is 0 Å². The van der Waals surface area contributed by atoms with E-state index in [-0.39, 0.29) is 0 Å². The molecule has 0 radical (unpaired) electrons. The van der Waals surface area contributed by atoms with Crippen LogP contribution in [0.2, 0.25) is 0 Å². The number of thiol groups is 1. The molecule has 3 nitrogen and oxygen atoms in total. The second-order valence-electron chi connectivity index (χ2n) is 0.712. The van der Waals surface area contributed by atoms with Gasteiger partial charge >= 0.3 is 0 Å². The Hall–Kier alpha value is -0.0600. The highest BCUT2D eigenvalue weighted by Gasteiger charge is 2.01. The Balaban J connectivity index is 3.26. The second kappa shape index (κ2) is 2.17. The molecular formula is C2H4O3S. The van der Waals surface area contributed by atoms with Crippen molar-refractivity contribution in [2.75, 3.05) is 0 Å². The third-order valence-corrected chi connectivity index (χ3v) is 0.452. The molecule has 0 fully saturated rings. The number of hydrogen-bond donors (Lipinski definition) is 3. The Morgan fingerprint density at radius 1 is 1.67 bits per heavy atom. The summed E-state index contributed by atoms with van der Waals surface area (Å²) < 4.78 is 0. The van der Waals surface area contributed by atoms with E-state index in [1.54, 1.807) is 0 Å². The van der Waals surface area contributed by atoms with E-state index >= 15 is 0 Å². The minimum absolute atomic E-state index is 0.935. The minimum Gasteiger partial charge on any atom is -0.361 e. The van der Waals surface area contributed by atoms with Gasteiger partial charge < -0.3 is 10.2 Å². The van der Waals surface area contributed by atoms with Crippen LogP contribution in [0.15, 0.2) is 0 Å². The van der Waals surface area contributed by atoms with Gasteiger partial charge in [-0.05, 0) is 0 Å². The zero-order valence-corrected chi connectivity index (χ0v) is 3.72. The maximum absolute atomic E-state index is 9.51. The average molecular weight is 108 g/mol. The van der Waals surface area contributed by atoms with Crippen LogP contribution in [0, 0.1) is 0 Å². The van der Waals surface area contributed by atoms with E-state index < -0.39 is 11.4 Å². The van der Waals surface area contributed by atoms with Gasteiger partial charge in [-0.3, -0.25) is 4.79 Å². The summed E-state index contributed by atoms with van der Waals surface area (Å²) in [4.78, 5) is 9.51. The van der Waals surface area contributed by atoms with Crippen LogP contribution in [-0.2, 0) is 4.79 Å². The van der Waals surface area contributed by atoms with Gasteiger partial charge in [-0.2, -0.15) is 0 Å². The van der Waals surface area contributed by atoms with Gasteiger partial charge in [-0.15, -0.1) is 12.6 Å². The van der Waals surface area contributed by atoms with Crippen LogP contribution in [0.25, 0.3) is 0 Å². The molecule has 6 heavy (non-hydrogen) atoms. The smallest absolute Gasteiger partial charge is 0.241 e. The van der Waals surface area contributed by atoms with Gasteiger partial charge in [0.25, 0.3) is 0 Å². The van der Waals surface area contributed by atoms with Crippen molar-refractivity contribution in [2.45, 2.75) is 6.29 Å². The summed E-state index contributed by atoms with van der Waals surface area (Å²) in [5.41, 5.74) is 0. The molecule has 0 atom stereocenters. The summed E-state index contributed by atoms with van der Waals surface area (Å²) in [6.07, 6.45) is -1.92. The summed E-state index contributed by atoms with van der Waals surface area (Å²) in [7, 11) is 0. The third kappa shape index (κ3) is 2.19. The normalized spacial score (nSPS) is 9.33. The lowest BCUT2D eigenvalue weighted by Gasteiger charge is -1.88. The van der Waals surface area contributed by atoms with E-state index in [0.717, 1.165) is 0 Å². The Morgan fingerprint density at radius 3 is 1.83 bits per heavy atom. The van der Waals surface area contributed by atoms with Crippen molar-refractivity contribution in [3.05, 3.63) is 0 Å². The van der Waals surface area contributed by atoms with Gasteiger partial charge in [-0.1, -0.05) is 0 Å². The number of aliphatic hydroxyl groups excluding tert-OH is 1. The van der Waals surface area contributed by atoms with Gasteiger partial charge in [0.15, 0.2) is 0 Å². The molecule has 0 unspecified atom stereocenters. The Morgan fingerprint density at radius 2 is 1.83 bits per heavy atom. The Kier molecular flexibility index (Phi) is 2.15. The van der Waals surface area contributed by atoms with Crippen LogP contribution >= 0.6 is 12.6 Å². The van der Waals surface area contributed by atoms with E-state index in [0.29, 0.717) is 0 Å². The highest BCUT2D eigenvalue weighted by molar-refractivity contribution is 7.96. The average Bonchev–Trinajstić information content (AvgIpc) is 1.36. The van der Waals surface area contributed by atoms with Crippen LogP contribution in [0.5, 0.6) is 0 Å². The van der Waals surface area contributed by atoms with E-state index in [2.05, 4.69) is 12.6 Å². The molecule has 0 bridgehead atoms. The standard InChI is InChI=1S/C2H4O3S/c3-1(4)2(5)6/h1,3-4H,(H,5,6). The van der Waals surface area contributed by atoms with Crippen LogP contribution in [-0.4, -0.2) is 21.6 Å². The molecule has 4 heteroatoms. The molecule has 0 aromatic carbocycles. The lowest BCUT2D eigenvalue weighted by atomic mass is 10.7. The van der Waals surface area contributed by atoms with Crippen LogP contribution in [0.3, 0.4) is 0 Å². The first-order chi connectivity index (χ1) is 2.64. The highest BCUT2D eigenvalue weighted by atomic mass is 32.1. The molecule has 0 spiro atoms. The van der Waals surface area contributed by atoms with Gasteiger partial charge in [0.1, 0.15) is 0 Å². The lowest BCUT2D eigenvalue weighted by molar-refractivity contribution is -0.134. The molecule has 0 aliphatic heterocycles. The summed E-state index contributed by atoms with van der Waals surface area (Å²) >= 11 is 3.05. The van der Waals surface area contributed by atoms with E-state index in [1.165, 1.54) is 0 Å². The molecule has 0 heterocycles. The van der Waals surface area contributed by atoms with Gasteiger partial charge in [0, 0.05) is 0 Å². The van der Waals surface area contributed by atoms with Crippen molar-refractivity contribution in [2.24, 2.45) is 0 Å². The summed E-state index contributed by atoms with van der Waals surface area (Å²) in [5.74, 6) is 0. The topological polar surface area (TPSA) is 57.5 Å². The second-order valence-corrected chi connectivity index (χ2v) is 1.15. The molecular weight excluding hydrogens is 104 g/mol. The van der Waals surface area contributed by atoms with Gasteiger partial charge in [0.2, 0.25) is 11.4 Å². The van der Waals surface area contributed by atoms with Gasteiger partial charge in [0.05, 0.1) is 0 Å². The lowest BCUT2D eigenvalue weighted by Crippen LogP contribution is -2.12. The minimum atomic E-state index is -1.92. The fourth-order valence-corrected chi connectivity index (χ4v) is 0. The number of rotatable bonds is 1. The molecule has 2 N–H and O–H groups in total. The first kappa shape index (κ1) is 5.94. The summed E-state index contributed by atoms with van der Waals surface area (Å²) in [6, 6.07) is 0. The first-order valence-corrected chi connectivity index (χ1v) is 1.68. The van der Waals surface area contributed by atoms with Crippen LogP contribution in [0.1, 0.15) is 0 Å². The maximum Gasteiger partial charge on any atom is 0.241 e. The van der Waals surface area contributed by atoms with Crippen LogP contribution in [0.4, 0.5) is 0 Å². The molecule has 0 aromatic rings. The molecule has 0 aromatic heterocycles. The third-order valence-electron chi connectivity index (χ3n) is 0.221. The monoisotopic (exact) mass is 108 g/mol. The zero-order valence-electron chi connectivity index (χ0n) is 2.83. The number of carbonyl (C=O) groups excluding carboxylic acids is 1. The van der Waals surface area contributed by atoms with Crippen molar-refractivity contribution >= 4 is 17.7 Å². The predicted molar refractivity (Wildman–Crippen MR) is 22.2 cm³/mol. The molecule has 0 rings (SSSR count). The van der Waals surface area contributed by atoms with E-state index in [4.69, 9.17) is 10.2 Å². The largest absolute Gasteiger partial charge is 0.361 e. The Labute approximate surface area is 40.0 Å². The SMILES string of the molecule is O=C(S)C(O)O. The number of aliphatic hydroxyl groups is 2. The van der Waals surface area contributed by atoms with Gasteiger partial charge in [-0.25, -0.2) is 0 Å². The Bertz CT molecular complexity index is 59.8. The first-order valence-electron chi connectivity index (χ1n) is 1.23. The molecule has 0 saturated heterocycles. The predicted octanol–water partition coefficient (Wildman–Crippen LogP) is -1.25. The quantitative estimate of drug-likeness (QED) is 0.290. The fraction of sp³-hybridized carbons (Fsp3) is 0.500. The fourth-order valence-electron chi connectivity index (χ4n) is 0. The van der Waals surface area contributed by atoms with Crippen molar-refractivity contribution in [1.29, 1.82) is 0 Å². The summed E-state index contributed by atoms with van der Waals surface area (Å²) in [5, 5.41) is 14.6. The van der Waals surface area contributed by atoms with E-state index in [1.807, 2.05) is 0 Å². The molecule has 0 saturated carbocycles. The molecule has 36 valence electrons. The number of hydrogen-bond acceptors (Lipinski definition) is 3. The molecule has 0 amide bonds. The molecule has 0 aliphatic carbocycles. The van der Waals surface area contributed by atoms with Crippen molar-refractivity contribution in [3.8, 4) is 0 Å². The molecule has 0 aliphatic rings.